The van der Waals surface area contributed by atoms with Crippen LogP contribution in [0.2, 0.25) is 0 Å². The van der Waals surface area contributed by atoms with Crippen molar-refractivity contribution in [1.82, 2.24) is 0 Å². The Labute approximate surface area is 128 Å². The molecule has 0 aromatic rings. The third-order valence-electron chi connectivity index (χ3n) is 3.58. The van der Waals surface area contributed by atoms with E-state index >= 15 is 0 Å². The van der Waals surface area contributed by atoms with Crippen molar-refractivity contribution in [2.24, 2.45) is 5.92 Å². The molecule has 0 aliphatic rings. The van der Waals surface area contributed by atoms with Crippen molar-refractivity contribution in [3.8, 4) is 0 Å². The van der Waals surface area contributed by atoms with Gasteiger partial charge in [0.1, 0.15) is 0 Å². The molecule has 0 bridgehead atoms. The second kappa shape index (κ2) is 13.7. The lowest BCUT2D eigenvalue weighted by Gasteiger charge is -2.08. The van der Waals surface area contributed by atoms with Crippen LogP contribution >= 0.6 is 0 Å². The number of aliphatic carboxylic acids is 2. The van der Waals surface area contributed by atoms with Crippen LogP contribution in [0.3, 0.4) is 0 Å². The van der Waals surface area contributed by atoms with Gasteiger partial charge in [0.2, 0.25) is 0 Å². The maximum absolute atomic E-state index is 10.9. The first-order chi connectivity index (χ1) is 10.1. The fraction of sp³-hybridized carbons (Fsp3) is 0.765. The zero-order chi connectivity index (χ0) is 15.9. The summed E-state index contributed by atoms with van der Waals surface area (Å²) in [5.41, 5.74) is 0. The fourth-order valence-electron chi connectivity index (χ4n) is 2.28. The second-order valence-corrected chi connectivity index (χ2v) is 5.59. The minimum atomic E-state index is -1.04. The number of allylic oxidation sites excluding steroid dienone is 2. The molecule has 0 aliphatic carbocycles. The predicted octanol–water partition coefficient (Wildman–Crippen LogP) is 4.64. The highest BCUT2D eigenvalue weighted by molar-refractivity contribution is 5.77. The fourth-order valence-corrected chi connectivity index (χ4v) is 2.28. The molecule has 0 spiro atoms. The van der Waals surface area contributed by atoms with E-state index in [4.69, 9.17) is 10.2 Å². The summed E-state index contributed by atoms with van der Waals surface area (Å²) in [7, 11) is 0. The minimum Gasteiger partial charge on any atom is -0.481 e. The van der Waals surface area contributed by atoms with E-state index in [1.807, 2.05) is 0 Å². The summed E-state index contributed by atoms with van der Waals surface area (Å²) < 4.78 is 0. The van der Waals surface area contributed by atoms with Crippen LogP contribution in [0.1, 0.15) is 77.6 Å². The molecule has 4 heteroatoms. The van der Waals surface area contributed by atoms with Crippen LogP contribution in [0.15, 0.2) is 12.2 Å². The van der Waals surface area contributed by atoms with E-state index in [-0.39, 0.29) is 6.42 Å². The molecule has 4 nitrogen and oxygen atoms in total. The van der Waals surface area contributed by atoms with Crippen LogP contribution in [0.5, 0.6) is 0 Å². The van der Waals surface area contributed by atoms with Gasteiger partial charge in [0.25, 0.3) is 0 Å². The highest BCUT2D eigenvalue weighted by Crippen LogP contribution is 2.14. The SMILES string of the molecule is CCCCCCCC/C=C/CCCC(CC(=O)O)C(=O)O. The van der Waals surface area contributed by atoms with E-state index in [0.717, 1.165) is 19.3 Å². The summed E-state index contributed by atoms with van der Waals surface area (Å²) in [5.74, 6) is -2.80. The van der Waals surface area contributed by atoms with Crippen molar-refractivity contribution in [2.75, 3.05) is 0 Å². The summed E-state index contributed by atoms with van der Waals surface area (Å²) in [4.78, 5) is 21.4. The third-order valence-corrected chi connectivity index (χ3v) is 3.58. The first kappa shape index (κ1) is 19.7. The van der Waals surface area contributed by atoms with E-state index in [1.54, 1.807) is 0 Å². The highest BCUT2D eigenvalue weighted by atomic mass is 16.4. The van der Waals surface area contributed by atoms with Gasteiger partial charge in [-0.1, -0.05) is 51.2 Å². The smallest absolute Gasteiger partial charge is 0.307 e. The molecule has 0 saturated carbocycles. The molecular formula is C17H30O4. The Kier molecular flexibility index (Phi) is 12.8. The standard InChI is InChI=1S/C17H30O4/c1-2-3-4-5-6-7-8-9-10-11-12-13-15(17(20)21)14-16(18)19/h9-10,15H,2-8,11-14H2,1H3,(H,18,19)(H,20,21)/b10-9+. The Morgan fingerprint density at radius 2 is 1.48 bits per heavy atom. The van der Waals surface area contributed by atoms with Crippen molar-refractivity contribution >= 4 is 11.9 Å². The Morgan fingerprint density at radius 1 is 0.905 bits per heavy atom. The summed E-state index contributed by atoms with van der Waals surface area (Å²) in [6.45, 7) is 2.22. The van der Waals surface area contributed by atoms with Crippen molar-refractivity contribution in [3.05, 3.63) is 12.2 Å². The van der Waals surface area contributed by atoms with Gasteiger partial charge >= 0.3 is 11.9 Å². The topological polar surface area (TPSA) is 74.6 Å². The quantitative estimate of drug-likeness (QED) is 0.362. The second-order valence-electron chi connectivity index (χ2n) is 5.59. The number of hydrogen-bond donors (Lipinski definition) is 2. The van der Waals surface area contributed by atoms with Gasteiger partial charge in [-0.05, 0) is 32.1 Å². The minimum absolute atomic E-state index is 0.281. The Hall–Kier alpha value is -1.32. The molecule has 0 aromatic carbocycles. The first-order valence-electron chi connectivity index (χ1n) is 8.17. The number of carbonyl (C=O) groups is 2. The summed E-state index contributed by atoms with van der Waals surface area (Å²) in [6.07, 6.45) is 14.8. The van der Waals surface area contributed by atoms with Crippen molar-refractivity contribution < 1.29 is 19.8 Å². The van der Waals surface area contributed by atoms with Gasteiger partial charge in [0.15, 0.2) is 0 Å². The van der Waals surface area contributed by atoms with Crippen LogP contribution in [0, 0.1) is 5.92 Å². The van der Waals surface area contributed by atoms with Gasteiger partial charge in [-0.3, -0.25) is 9.59 Å². The molecular weight excluding hydrogens is 268 g/mol. The number of unbranched alkanes of at least 4 members (excludes halogenated alkanes) is 7. The zero-order valence-electron chi connectivity index (χ0n) is 13.2. The number of carboxylic acid groups (broad SMARTS) is 2. The van der Waals surface area contributed by atoms with Crippen molar-refractivity contribution in [2.45, 2.75) is 77.6 Å². The van der Waals surface area contributed by atoms with Crippen LogP contribution < -0.4 is 0 Å². The molecule has 0 amide bonds. The molecule has 0 fully saturated rings. The molecule has 21 heavy (non-hydrogen) atoms. The molecule has 0 heterocycles. The van der Waals surface area contributed by atoms with Gasteiger partial charge in [0.05, 0.1) is 12.3 Å². The molecule has 0 aliphatic heterocycles. The van der Waals surface area contributed by atoms with Crippen molar-refractivity contribution in [1.29, 1.82) is 0 Å². The van der Waals surface area contributed by atoms with Gasteiger partial charge < -0.3 is 10.2 Å². The molecule has 0 aromatic heterocycles. The van der Waals surface area contributed by atoms with Crippen LogP contribution in [-0.4, -0.2) is 22.2 Å². The summed E-state index contributed by atoms with van der Waals surface area (Å²) in [6, 6.07) is 0. The lowest BCUT2D eigenvalue weighted by molar-refractivity contribution is -0.148. The third kappa shape index (κ3) is 13.4. The van der Waals surface area contributed by atoms with Gasteiger partial charge in [-0.15, -0.1) is 0 Å². The molecule has 2 N–H and O–H groups in total. The normalized spacial score (nSPS) is 12.6. The van der Waals surface area contributed by atoms with Crippen LogP contribution in [0.4, 0.5) is 0 Å². The summed E-state index contributed by atoms with van der Waals surface area (Å²) >= 11 is 0. The summed E-state index contributed by atoms with van der Waals surface area (Å²) in [5, 5.41) is 17.5. The Morgan fingerprint density at radius 3 is 2.05 bits per heavy atom. The lowest BCUT2D eigenvalue weighted by atomic mass is 9.98. The largest absolute Gasteiger partial charge is 0.481 e. The van der Waals surface area contributed by atoms with Crippen LogP contribution in [-0.2, 0) is 9.59 Å². The number of hydrogen-bond acceptors (Lipinski definition) is 2. The average molecular weight is 298 g/mol. The molecule has 0 radical (unpaired) electrons. The maximum atomic E-state index is 10.9. The van der Waals surface area contributed by atoms with Gasteiger partial charge in [-0.25, -0.2) is 0 Å². The van der Waals surface area contributed by atoms with Crippen LogP contribution in [0.25, 0.3) is 0 Å². The average Bonchev–Trinajstić information content (AvgIpc) is 2.42. The molecule has 1 unspecified atom stereocenters. The van der Waals surface area contributed by atoms with E-state index in [1.165, 1.54) is 38.5 Å². The lowest BCUT2D eigenvalue weighted by Crippen LogP contribution is -2.17. The van der Waals surface area contributed by atoms with Crippen molar-refractivity contribution in [3.63, 3.8) is 0 Å². The number of rotatable bonds is 14. The van der Waals surface area contributed by atoms with Gasteiger partial charge in [-0.2, -0.15) is 0 Å². The maximum Gasteiger partial charge on any atom is 0.307 e. The molecule has 0 saturated heterocycles. The van der Waals surface area contributed by atoms with E-state index in [2.05, 4.69) is 19.1 Å². The van der Waals surface area contributed by atoms with E-state index in [0.29, 0.717) is 6.42 Å². The first-order valence-corrected chi connectivity index (χ1v) is 8.17. The highest BCUT2D eigenvalue weighted by Gasteiger charge is 2.19. The number of carboxylic acids is 2. The van der Waals surface area contributed by atoms with E-state index in [9.17, 15) is 9.59 Å². The molecule has 0 rings (SSSR count). The zero-order valence-corrected chi connectivity index (χ0v) is 13.2. The molecule has 1 atom stereocenters. The predicted molar refractivity (Wildman–Crippen MR) is 84.4 cm³/mol. The Balaban J connectivity index is 3.53. The van der Waals surface area contributed by atoms with E-state index < -0.39 is 17.9 Å². The molecule has 122 valence electrons. The van der Waals surface area contributed by atoms with Gasteiger partial charge in [0, 0.05) is 0 Å². The monoisotopic (exact) mass is 298 g/mol. The Bertz CT molecular complexity index is 310.